The molecule has 0 N–H and O–H groups in total. The van der Waals surface area contributed by atoms with Crippen LogP contribution in [-0.2, 0) is 0 Å². The van der Waals surface area contributed by atoms with Gasteiger partial charge in [-0.1, -0.05) is 0 Å². The van der Waals surface area contributed by atoms with Crippen molar-refractivity contribution in [3.63, 3.8) is 0 Å². The summed E-state index contributed by atoms with van der Waals surface area (Å²) >= 11 is 4.17. The molecule has 0 radical (unpaired) electrons. The predicted octanol–water partition coefficient (Wildman–Crippen LogP) is 5.27. The first-order valence-electron chi connectivity index (χ1n) is 6.62. The SMILES string of the molecule is C[Si](C)(C)c1cc2sc3[c]([Sn]([CH3])([CH3])[CH3])csc3c2s1. The molecule has 0 aliphatic rings. The zero-order chi connectivity index (χ0) is 14.0. The second-order valence-electron chi connectivity index (χ2n) is 7.21. The van der Waals surface area contributed by atoms with Crippen LogP contribution in [0.3, 0.4) is 0 Å². The molecule has 3 aromatic heterocycles. The van der Waals surface area contributed by atoms with E-state index in [1.54, 1.807) is 26.9 Å². The number of hydrogen-bond acceptors (Lipinski definition) is 3. The fourth-order valence-corrected chi connectivity index (χ4v) is 16.9. The Morgan fingerprint density at radius 2 is 1.63 bits per heavy atom. The number of hydrogen-bond donors (Lipinski definition) is 0. The normalized spacial score (nSPS) is 13.8. The van der Waals surface area contributed by atoms with Crippen molar-refractivity contribution < 1.29 is 0 Å². The van der Waals surface area contributed by atoms with Crippen molar-refractivity contribution in [3.8, 4) is 0 Å². The molecule has 0 saturated heterocycles. The van der Waals surface area contributed by atoms with E-state index in [4.69, 9.17) is 0 Å². The van der Waals surface area contributed by atoms with Crippen molar-refractivity contribution in [1.29, 1.82) is 0 Å². The Morgan fingerprint density at radius 1 is 0.947 bits per heavy atom. The summed E-state index contributed by atoms with van der Waals surface area (Å²) < 4.78 is 9.71. The second-order valence-corrected chi connectivity index (χ2v) is 30.0. The second kappa shape index (κ2) is 4.56. The molecule has 3 rings (SSSR count). The van der Waals surface area contributed by atoms with Crippen LogP contribution >= 0.6 is 34.0 Å². The van der Waals surface area contributed by atoms with E-state index in [1.807, 2.05) is 11.3 Å². The van der Waals surface area contributed by atoms with Gasteiger partial charge in [0.1, 0.15) is 0 Å². The van der Waals surface area contributed by atoms with Gasteiger partial charge < -0.3 is 0 Å². The van der Waals surface area contributed by atoms with Crippen LogP contribution in [0.2, 0.25) is 34.5 Å². The maximum absolute atomic E-state index is 2.53. The summed E-state index contributed by atoms with van der Waals surface area (Å²) in [5, 5.41) is 2.46. The van der Waals surface area contributed by atoms with Gasteiger partial charge in [0.15, 0.2) is 0 Å². The van der Waals surface area contributed by atoms with Crippen LogP contribution in [0.15, 0.2) is 11.4 Å². The van der Waals surface area contributed by atoms with Crippen LogP contribution in [-0.4, -0.2) is 26.5 Å². The Balaban J connectivity index is 2.26. The van der Waals surface area contributed by atoms with E-state index in [-0.39, 0.29) is 0 Å². The third-order valence-electron chi connectivity index (χ3n) is 3.41. The summed E-state index contributed by atoms with van der Waals surface area (Å²) in [5.41, 5.74) is 0. The van der Waals surface area contributed by atoms with Gasteiger partial charge in [-0.05, 0) is 0 Å². The Bertz CT molecular complexity index is 749. The van der Waals surface area contributed by atoms with Gasteiger partial charge >= 0.3 is 133 Å². The van der Waals surface area contributed by atoms with Gasteiger partial charge in [0.2, 0.25) is 0 Å². The van der Waals surface area contributed by atoms with Gasteiger partial charge in [0, 0.05) is 0 Å². The fraction of sp³-hybridized carbons (Fsp3) is 0.429. The van der Waals surface area contributed by atoms with Gasteiger partial charge in [-0.3, -0.25) is 0 Å². The first kappa shape index (κ1) is 14.6. The molecule has 102 valence electrons. The zero-order valence-electron chi connectivity index (χ0n) is 12.4. The molecule has 0 nitrogen and oxygen atoms in total. The quantitative estimate of drug-likeness (QED) is 0.485. The third kappa shape index (κ3) is 2.48. The summed E-state index contributed by atoms with van der Waals surface area (Å²) in [4.78, 5) is 7.58. The van der Waals surface area contributed by atoms with Crippen molar-refractivity contribution in [2.75, 3.05) is 0 Å². The molecule has 3 heterocycles. The molecule has 0 unspecified atom stereocenters. The van der Waals surface area contributed by atoms with E-state index in [0.717, 1.165) is 0 Å². The molecule has 0 aromatic carbocycles. The average molecular weight is 431 g/mol. The van der Waals surface area contributed by atoms with E-state index >= 15 is 0 Å². The minimum atomic E-state index is -1.94. The van der Waals surface area contributed by atoms with Gasteiger partial charge in [-0.15, -0.1) is 0 Å². The standard InChI is InChI=1S/C11H11S3Si.3CH3.Sn/c1-15(2,3)9-6-8-11(14-9)10-7(13-8)4-5-12-10;;;;/h5-6H,1-3H3;3*1H3;. The molecule has 0 saturated carbocycles. The summed E-state index contributed by atoms with van der Waals surface area (Å²) in [5.74, 6) is 0. The molecule has 0 aliphatic heterocycles. The molecule has 0 bridgehead atoms. The molecule has 0 atom stereocenters. The van der Waals surface area contributed by atoms with Crippen LogP contribution < -0.4 is 8.08 Å². The van der Waals surface area contributed by atoms with Crippen molar-refractivity contribution in [2.24, 2.45) is 0 Å². The Morgan fingerprint density at radius 3 is 2.21 bits per heavy atom. The minimum absolute atomic E-state index is 1.15. The summed E-state index contributed by atoms with van der Waals surface area (Å²) in [6.45, 7) is 7.35. The summed E-state index contributed by atoms with van der Waals surface area (Å²) in [7, 11) is -1.15. The van der Waals surface area contributed by atoms with Gasteiger partial charge in [0.05, 0.1) is 0 Å². The summed E-state index contributed by atoms with van der Waals surface area (Å²) in [6, 6.07) is 2.49. The van der Waals surface area contributed by atoms with E-state index in [1.165, 1.54) is 0 Å². The molecule has 0 amide bonds. The van der Waals surface area contributed by atoms with E-state index < -0.39 is 26.5 Å². The Hall–Kier alpha value is 0.636. The van der Waals surface area contributed by atoms with Crippen LogP contribution in [0.4, 0.5) is 0 Å². The van der Waals surface area contributed by atoms with Gasteiger partial charge in [0.25, 0.3) is 0 Å². The maximum atomic E-state index is 2.53. The topological polar surface area (TPSA) is 0 Å². The van der Waals surface area contributed by atoms with Crippen molar-refractivity contribution in [1.82, 2.24) is 0 Å². The van der Waals surface area contributed by atoms with E-state index in [0.29, 0.717) is 0 Å². The van der Waals surface area contributed by atoms with Gasteiger partial charge in [-0.25, -0.2) is 0 Å². The van der Waals surface area contributed by atoms with Crippen LogP contribution in [0.5, 0.6) is 0 Å². The molecule has 0 fully saturated rings. The predicted molar refractivity (Wildman–Crippen MR) is 101 cm³/mol. The fourth-order valence-electron chi connectivity index (χ4n) is 2.21. The summed E-state index contributed by atoms with van der Waals surface area (Å²) in [6.07, 6.45) is 0. The zero-order valence-corrected chi connectivity index (χ0v) is 18.7. The van der Waals surface area contributed by atoms with Crippen LogP contribution in [0, 0.1) is 0 Å². The van der Waals surface area contributed by atoms with E-state index in [2.05, 4.69) is 68.6 Å². The molecule has 19 heavy (non-hydrogen) atoms. The molecule has 0 aliphatic carbocycles. The first-order chi connectivity index (χ1) is 8.68. The van der Waals surface area contributed by atoms with Crippen LogP contribution in [0.1, 0.15) is 0 Å². The third-order valence-corrected chi connectivity index (χ3v) is 17.5. The number of rotatable bonds is 2. The van der Waals surface area contributed by atoms with Crippen molar-refractivity contribution in [3.05, 3.63) is 11.4 Å². The van der Waals surface area contributed by atoms with Crippen LogP contribution in [0.25, 0.3) is 18.8 Å². The number of thiophene rings is 3. The molecule has 0 spiro atoms. The molecular formula is C14H20S3SiSn. The van der Waals surface area contributed by atoms with E-state index in [9.17, 15) is 0 Å². The van der Waals surface area contributed by atoms with Crippen molar-refractivity contribution >= 4 is 87.3 Å². The Kier molecular flexibility index (Phi) is 3.50. The van der Waals surface area contributed by atoms with Crippen molar-refractivity contribution in [2.45, 2.75) is 34.5 Å². The monoisotopic (exact) mass is 432 g/mol. The average Bonchev–Trinajstić information content (AvgIpc) is 2.80. The molecule has 5 heteroatoms. The molecular weight excluding hydrogens is 411 g/mol. The first-order valence-corrected chi connectivity index (χ1v) is 22.6. The number of fused-ring (bicyclic) bond motifs is 3. The molecule has 3 aromatic rings. The van der Waals surface area contributed by atoms with Gasteiger partial charge in [-0.2, -0.15) is 0 Å². The Labute approximate surface area is 132 Å².